The normalized spacial score (nSPS) is 17.0. The van der Waals surface area contributed by atoms with Crippen LogP contribution in [-0.4, -0.2) is 0 Å². The van der Waals surface area contributed by atoms with Gasteiger partial charge in [0.1, 0.15) is 0 Å². The molecule has 0 amide bonds. The van der Waals surface area contributed by atoms with E-state index in [2.05, 4.69) is 18.2 Å². The number of hydrogen-bond acceptors (Lipinski definition) is 1. The van der Waals surface area contributed by atoms with E-state index >= 15 is 0 Å². The van der Waals surface area contributed by atoms with Crippen molar-refractivity contribution in [3.05, 3.63) is 34.9 Å². The zero-order valence-corrected chi connectivity index (χ0v) is 10.00. The van der Waals surface area contributed by atoms with Crippen LogP contribution in [0.15, 0.2) is 18.2 Å². The second-order valence-corrected chi connectivity index (χ2v) is 4.97. The highest BCUT2D eigenvalue weighted by atomic mass is 14.2. The molecule has 2 rings (SSSR count). The van der Waals surface area contributed by atoms with E-state index in [1.165, 1.54) is 44.1 Å². The average Bonchev–Trinajstić information content (AvgIpc) is 2.31. The van der Waals surface area contributed by atoms with Crippen LogP contribution in [0.2, 0.25) is 0 Å². The summed E-state index contributed by atoms with van der Waals surface area (Å²) in [6.07, 6.45) is 8.20. The summed E-state index contributed by atoms with van der Waals surface area (Å²) in [6.45, 7) is 2.03. The van der Waals surface area contributed by atoms with Gasteiger partial charge in [-0.2, -0.15) is 5.26 Å². The van der Waals surface area contributed by atoms with Gasteiger partial charge in [-0.3, -0.25) is 0 Å². The van der Waals surface area contributed by atoms with Gasteiger partial charge in [-0.25, -0.2) is 0 Å². The molecule has 0 aromatic heterocycles. The molecule has 1 nitrogen and oxygen atoms in total. The Kier molecular flexibility index (Phi) is 3.62. The molecule has 84 valence electrons. The van der Waals surface area contributed by atoms with Crippen LogP contribution < -0.4 is 0 Å². The van der Waals surface area contributed by atoms with Crippen molar-refractivity contribution in [1.82, 2.24) is 0 Å². The fourth-order valence-corrected chi connectivity index (χ4v) is 2.70. The number of rotatable bonds is 2. The fraction of sp³-hybridized carbons (Fsp3) is 0.533. The molecular formula is C15H19N. The van der Waals surface area contributed by atoms with Crippen molar-refractivity contribution in [2.24, 2.45) is 5.92 Å². The molecule has 16 heavy (non-hydrogen) atoms. The molecule has 0 heterocycles. The molecule has 0 bridgehead atoms. The second-order valence-electron chi connectivity index (χ2n) is 4.97. The van der Waals surface area contributed by atoms with Gasteiger partial charge in [0.2, 0.25) is 0 Å². The summed E-state index contributed by atoms with van der Waals surface area (Å²) in [4.78, 5) is 0. The van der Waals surface area contributed by atoms with E-state index in [-0.39, 0.29) is 0 Å². The molecular weight excluding hydrogens is 194 g/mol. The molecule has 0 aliphatic heterocycles. The first-order chi connectivity index (χ1) is 7.79. The van der Waals surface area contributed by atoms with Crippen LogP contribution in [0.25, 0.3) is 0 Å². The van der Waals surface area contributed by atoms with Crippen molar-refractivity contribution in [2.75, 3.05) is 0 Å². The van der Waals surface area contributed by atoms with Gasteiger partial charge < -0.3 is 0 Å². The van der Waals surface area contributed by atoms with Gasteiger partial charge in [0.25, 0.3) is 0 Å². The lowest BCUT2D eigenvalue weighted by Gasteiger charge is -2.21. The molecule has 1 fully saturated rings. The van der Waals surface area contributed by atoms with E-state index in [1.54, 1.807) is 0 Å². The van der Waals surface area contributed by atoms with Crippen molar-refractivity contribution >= 4 is 0 Å². The summed E-state index contributed by atoms with van der Waals surface area (Å²) in [7, 11) is 0. The molecule has 1 aliphatic carbocycles. The molecule has 1 aromatic carbocycles. The summed E-state index contributed by atoms with van der Waals surface area (Å²) in [6, 6.07) is 8.50. The molecule has 1 aromatic rings. The summed E-state index contributed by atoms with van der Waals surface area (Å²) < 4.78 is 0. The Labute approximate surface area is 98.1 Å². The Morgan fingerprint density at radius 2 is 2.00 bits per heavy atom. The summed E-state index contributed by atoms with van der Waals surface area (Å²) >= 11 is 0. The van der Waals surface area contributed by atoms with Gasteiger partial charge in [-0.05, 0) is 36.5 Å². The van der Waals surface area contributed by atoms with Crippen molar-refractivity contribution in [3.8, 4) is 6.07 Å². The summed E-state index contributed by atoms with van der Waals surface area (Å²) in [5, 5.41) is 8.88. The van der Waals surface area contributed by atoms with Gasteiger partial charge in [-0.1, -0.05) is 44.2 Å². The van der Waals surface area contributed by atoms with Crippen LogP contribution in [0.3, 0.4) is 0 Å². The Morgan fingerprint density at radius 3 is 2.62 bits per heavy atom. The van der Waals surface area contributed by atoms with Crippen molar-refractivity contribution < 1.29 is 0 Å². The summed E-state index contributed by atoms with van der Waals surface area (Å²) in [5.41, 5.74) is 3.34. The number of hydrogen-bond donors (Lipinski definition) is 0. The highest BCUT2D eigenvalue weighted by Crippen LogP contribution is 2.27. The highest BCUT2D eigenvalue weighted by molar-refractivity contribution is 5.39. The third-order valence-electron chi connectivity index (χ3n) is 3.66. The molecule has 0 atom stereocenters. The first-order valence-corrected chi connectivity index (χ1v) is 6.29. The van der Waals surface area contributed by atoms with E-state index in [9.17, 15) is 0 Å². The molecule has 0 N–H and O–H groups in total. The van der Waals surface area contributed by atoms with E-state index in [0.717, 1.165) is 17.0 Å². The Bertz CT molecular complexity index is 394. The van der Waals surface area contributed by atoms with E-state index in [0.29, 0.717) is 0 Å². The maximum absolute atomic E-state index is 8.88. The van der Waals surface area contributed by atoms with E-state index in [4.69, 9.17) is 5.26 Å². The third-order valence-corrected chi connectivity index (χ3v) is 3.66. The second kappa shape index (κ2) is 5.16. The Morgan fingerprint density at radius 1 is 1.25 bits per heavy atom. The SMILES string of the molecule is Cc1cc(CC2CCCCC2)ccc1C#N. The van der Waals surface area contributed by atoms with Crippen molar-refractivity contribution in [1.29, 1.82) is 5.26 Å². The first kappa shape index (κ1) is 11.2. The monoisotopic (exact) mass is 213 g/mol. The number of aryl methyl sites for hydroxylation is 1. The van der Waals surface area contributed by atoms with Crippen molar-refractivity contribution in [3.63, 3.8) is 0 Å². The van der Waals surface area contributed by atoms with Crippen molar-refractivity contribution in [2.45, 2.75) is 45.4 Å². The lowest BCUT2D eigenvalue weighted by Crippen LogP contribution is -2.09. The lowest BCUT2D eigenvalue weighted by atomic mass is 9.84. The van der Waals surface area contributed by atoms with E-state index in [1.807, 2.05) is 13.0 Å². The third kappa shape index (κ3) is 2.64. The maximum Gasteiger partial charge on any atom is 0.0994 e. The molecule has 0 unspecified atom stereocenters. The standard InChI is InChI=1S/C15H19N/c1-12-9-14(7-8-15(12)11-16)10-13-5-3-2-4-6-13/h7-9,13H,2-6,10H2,1H3. The molecule has 0 saturated heterocycles. The van der Waals surface area contributed by atoms with Crippen LogP contribution in [0.1, 0.15) is 48.8 Å². The van der Waals surface area contributed by atoms with Gasteiger partial charge in [0, 0.05) is 0 Å². The van der Waals surface area contributed by atoms with Gasteiger partial charge >= 0.3 is 0 Å². The predicted octanol–water partition coefficient (Wildman–Crippen LogP) is 3.99. The zero-order chi connectivity index (χ0) is 11.4. The van der Waals surface area contributed by atoms with Crippen LogP contribution in [0.5, 0.6) is 0 Å². The number of nitrogens with zero attached hydrogens (tertiary/aromatic N) is 1. The minimum absolute atomic E-state index is 0.812. The highest BCUT2D eigenvalue weighted by Gasteiger charge is 2.14. The Hall–Kier alpha value is -1.29. The van der Waals surface area contributed by atoms with Crippen LogP contribution >= 0.6 is 0 Å². The van der Waals surface area contributed by atoms with Crippen LogP contribution in [0.4, 0.5) is 0 Å². The topological polar surface area (TPSA) is 23.8 Å². The van der Waals surface area contributed by atoms with Gasteiger partial charge in [0.15, 0.2) is 0 Å². The fourth-order valence-electron chi connectivity index (χ4n) is 2.70. The molecule has 1 aliphatic rings. The minimum atomic E-state index is 0.812. The van der Waals surface area contributed by atoms with Crippen LogP contribution in [-0.2, 0) is 6.42 Å². The first-order valence-electron chi connectivity index (χ1n) is 6.29. The van der Waals surface area contributed by atoms with Gasteiger partial charge in [-0.15, -0.1) is 0 Å². The van der Waals surface area contributed by atoms with Gasteiger partial charge in [0.05, 0.1) is 11.6 Å². The predicted molar refractivity (Wildman–Crippen MR) is 66.2 cm³/mol. The average molecular weight is 213 g/mol. The summed E-state index contributed by atoms with van der Waals surface area (Å²) in [5.74, 6) is 0.876. The quantitative estimate of drug-likeness (QED) is 0.728. The largest absolute Gasteiger partial charge is 0.192 e. The lowest BCUT2D eigenvalue weighted by molar-refractivity contribution is 0.356. The number of benzene rings is 1. The molecule has 1 saturated carbocycles. The van der Waals surface area contributed by atoms with Crippen LogP contribution in [0, 0.1) is 24.2 Å². The minimum Gasteiger partial charge on any atom is -0.192 e. The molecule has 1 heteroatoms. The zero-order valence-electron chi connectivity index (χ0n) is 10.00. The Balaban J connectivity index is 2.04. The maximum atomic E-state index is 8.88. The van der Waals surface area contributed by atoms with E-state index < -0.39 is 0 Å². The molecule has 0 spiro atoms. The molecule has 0 radical (unpaired) electrons. The smallest absolute Gasteiger partial charge is 0.0994 e. The number of nitriles is 1.